The number of carbonyl (C=O) groups is 2. The summed E-state index contributed by atoms with van der Waals surface area (Å²) in [4.78, 5) is 29.2. The van der Waals surface area contributed by atoms with Gasteiger partial charge in [0.25, 0.3) is 5.91 Å². The number of alkyl halides is 3. The van der Waals surface area contributed by atoms with Crippen LogP contribution in [0.3, 0.4) is 0 Å². The van der Waals surface area contributed by atoms with Gasteiger partial charge in [0.1, 0.15) is 0 Å². The molecule has 8 heteroatoms. The van der Waals surface area contributed by atoms with Gasteiger partial charge in [-0.3, -0.25) is 9.59 Å². The number of amides is 2. The lowest BCUT2D eigenvalue weighted by Gasteiger charge is -2.44. The van der Waals surface area contributed by atoms with E-state index in [1.165, 1.54) is 0 Å². The Labute approximate surface area is 213 Å². The number of hydrogen-bond acceptors (Lipinski definition) is 2. The standard InChI is InChI=1S/C28H28ClF3N2O2/c1-17-8-6-9-18(2)24(17)27(36)34-15-7-12-21(25(34)19-10-4-3-5-11-19)26(35)33-23-16-20(28(30,31)32)13-14-22(23)29/h3-6,8-10,13-14,16,19,21,25H,7,11-12,15H2,1-2H3,(H,33,35)/t19?,21-,25-/m0/s1. The van der Waals surface area contributed by atoms with E-state index in [1.54, 1.807) is 4.90 Å². The Balaban J connectivity index is 1.68. The molecule has 0 bridgehead atoms. The molecule has 1 saturated heterocycles. The van der Waals surface area contributed by atoms with Crippen LogP contribution in [0.15, 0.2) is 60.7 Å². The molecule has 2 aliphatic rings. The van der Waals surface area contributed by atoms with Crippen LogP contribution in [0.2, 0.25) is 5.02 Å². The average molecular weight is 517 g/mol. The highest BCUT2D eigenvalue weighted by Crippen LogP contribution is 2.37. The maximum atomic E-state index is 13.8. The van der Waals surface area contributed by atoms with Gasteiger partial charge in [0.05, 0.1) is 28.2 Å². The van der Waals surface area contributed by atoms with Crippen LogP contribution < -0.4 is 5.32 Å². The van der Waals surface area contributed by atoms with Crippen molar-refractivity contribution in [3.8, 4) is 0 Å². The van der Waals surface area contributed by atoms with E-state index in [4.69, 9.17) is 11.6 Å². The number of benzene rings is 2. The number of nitrogens with one attached hydrogen (secondary N) is 1. The van der Waals surface area contributed by atoms with Crippen molar-refractivity contribution in [2.45, 2.75) is 45.3 Å². The maximum Gasteiger partial charge on any atom is 0.416 e. The number of likely N-dealkylation sites (tertiary alicyclic amines) is 1. The third-order valence-electron chi connectivity index (χ3n) is 6.98. The van der Waals surface area contributed by atoms with E-state index < -0.39 is 29.6 Å². The predicted molar refractivity (Wildman–Crippen MR) is 135 cm³/mol. The fourth-order valence-corrected chi connectivity index (χ4v) is 5.41. The first-order valence-electron chi connectivity index (χ1n) is 12.0. The Morgan fingerprint density at radius 2 is 1.81 bits per heavy atom. The summed E-state index contributed by atoms with van der Waals surface area (Å²) in [7, 11) is 0. The molecule has 4 rings (SSSR count). The summed E-state index contributed by atoms with van der Waals surface area (Å²) in [6.07, 6.45) is 5.04. The molecule has 190 valence electrons. The summed E-state index contributed by atoms with van der Waals surface area (Å²) < 4.78 is 39.7. The van der Waals surface area contributed by atoms with E-state index in [0.717, 1.165) is 29.3 Å². The van der Waals surface area contributed by atoms with E-state index in [0.29, 0.717) is 31.4 Å². The van der Waals surface area contributed by atoms with E-state index >= 15 is 0 Å². The summed E-state index contributed by atoms with van der Waals surface area (Å²) in [6.45, 7) is 4.28. The van der Waals surface area contributed by atoms with E-state index in [-0.39, 0.29) is 22.5 Å². The Hall–Kier alpha value is -3.06. The van der Waals surface area contributed by atoms with Crippen molar-refractivity contribution in [1.82, 2.24) is 4.90 Å². The van der Waals surface area contributed by atoms with Gasteiger partial charge in [-0.1, -0.05) is 54.1 Å². The molecule has 1 aliphatic heterocycles. The van der Waals surface area contributed by atoms with Gasteiger partial charge in [-0.25, -0.2) is 0 Å². The zero-order valence-electron chi connectivity index (χ0n) is 20.1. The largest absolute Gasteiger partial charge is 0.416 e. The molecule has 1 unspecified atom stereocenters. The number of allylic oxidation sites excluding steroid dienone is 3. The third kappa shape index (κ3) is 5.36. The normalized spacial score (nSPS) is 21.9. The second-order valence-corrected chi connectivity index (χ2v) is 9.81. The highest BCUT2D eigenvalue weighted by atomic mass is 35.5. The van der Waals surface area contributed by atoms with Crippen LogP contribution in [0, 0.1) is 25.7 Å². The Morgan fingerprint density at radius 1 is 1.08 bits per heavy atom. The minimum Gasteiger partial charge on any atom is -0.334 e. The molecular weight excluding hydrogens is 489 g/mol. The number of anilines is 1. The zero-order chi connectivity index (χ0) is 26.0. The van der Waals surface area contributed by atoms with E-state index in [9.17, 15) is 22.8 Å². The minimum atomic E-state index is -4.56. The number of nitrogens with zero attached hydrogens (tertiary/aromatic N) is 1. The number of hydrogen-bond donors (Lipinski definition) is 1. The Bertz CT molecular complexity index is 1200. The monoisotopic (exact) mass is 516 g/mol. The lowest BCUT2D eigenvalue weighted by Crippen LogP contribution is -2.55. The summed E-state index contributed by atoms with van der Waals surface area (Å²) >= 11 is 6.14. The van der Waals surface area contributed by atoms with Gasteiger partial charge in [0.2, 0.25) is 5.91 Å². The Morgan fingerprint density at radius 3 is 2.44 bits per heavy atom. The molecule has 1 fully saturated rings. The van der Waals surface area contributed by atoms with Gasteiger partial charge in [-0.2, -0.15) is 13.2 Å². The number of halogens is 4. The molecule has 0 saturated carbocycles. The van der Waals surface area contributed by atoms with Crippen molar-refractivity contribution in [2.24, 2.45) is 11.8 Å². The van der Waals surface area contributed by atoms with E-state index in [2.05, 4.69) is 5.32 Å². The van der Waals surface area contributed by atoms with Crippen LogP contribution in [0.4, 0.5) is 18.9 Å². The first-order chi connectivity index (χ1) is 17.1. The van der Waals surface area contributed by atoms with Crippen molar-refractivity contribution in [3.63, 3.8) is 0 Å². The van der Waals surface area contributed by atoms with Gasteiger partial charge in [-0.05, 0) is 62.4 Å². The van der Waals surface area contributed by atoms with Gasteiger partial charge < -0.3 is 10.2 Å². The molecule has 3 atom stereocenters. The molecule has 0 spiro atoms. The molecule has 1 N–H and O–H groups in total. The number of aryl methyl sites for hydroxylation is 2. The molecule has 2 amide bonds. The highest BCUT2D eigenvalue weighted by molar-refractivity contribution is 6.33. The van der Waals surface area contributed by atoms with Crippen LogP contribution >= 0.6 is 11.6 Å². The molecule has 1 heterocycles. The van der Waals surface area contributed by atoms with Crippen LogP contribution in [0.1, 0.15) is 46.3 Å². The zero-order valence-corrected chi connectivity index (χ0v) is 20.9. The van der Waals surface area contributed by atoms with Gasteiger partial charge in [0.15, 0.2) is 0 Å². The average Bonchev–Trinajstić information content (AvgIpc) is 2.84. The fraction of sp³-hybridized carbons (Fsp3) is 0.357. The molecule has 2 aromatic rings. The summed E-state index contributed by atoms with van der Waals surface area (Å²) in [5.41, 5.74) is 1.36. The van der Waals surface area contributed by atoms with Crippen LogP contribution in [-0.4, -0.2) is 29.3 Å². The quantitative estimate of drug-likeness (QED) is 0.477. The number of carbonyl (C=O) groups excluding carboxylic acids is 2. The van der Waals surface area contributed by atoms with Gasteiger partial charge >= 0.3 is 6.18 Å². The minimum absolute atomic E-state index is 0.0210. The smallest absolute Gasteiger partial charge is 0.334 e. The topological polar surface area (TPSA) is 49.4 Å². The maximum absolute atomic E-state index is 13.8. The predicted octanol–water partition coefficient (Wildman–Crippen LogP) is 6.97. The Kier molecular flexibility index (Phi) is 7.59. The first-order valence-corrected chi connectivity index (χ1v) is 12.3. The molecule has 0 aromatic heterocycles. The molecule has 2 aromatic carbocycles. The first kappa shape index (κ1) is 26.0. The number of rotatable bonds is 4. The summed E-state index contributed by atoms with van der Waals surface area (Å²) in [5.74, 6) is -1.29. The van der Waals surface area contributed by atoms with Crippen LogP contribution in [0.5, 0.6) is 0 Å². The van der Waals surface area contributed by atoms with Gasteiger partial charge in [0, 0.05) is 18.0 Å². The lowest BCUT2D eigenvalue weighted by molar-refractivity contribution is -0.137. The van der Waals surface area contributed by atoms with Gasteiger partial charge in [-0.15, -0.1) is 0 Å². The SMILES string of the molecule is Cc1cccc(C)c1C(=O)N1CCC[C@H](C(=O)Nc2cc(C(F)(F)F)ccc2Cl)[C@@H]1C1C=CC=CC1. The second kappa shape index (κ2) is 10.5. The lowest BCUT2D eigenvalue weighted by atomic mass is 9.77. The van der Waals surface area contributed by atoms with Crippen LogP contribution in [0.25, 0.3) is 0 Å². The van der Waals surface area contributed by atoms with Crippen molar-refractivity contribution in [3.05, 3.63) is 88.0 Å². The van der Waals surface area contributed by atoms with Crippen molar-refractivity contribution >= 4 is 29.1 Å². The van der Waals surface area contributed by atoms with Crippen molar-refractivity contribution in [2.75, 3.05) is 11.9 Å². The van der Waals surface area contributed by atoms with E-state index in [1.807, 2.05) is 56.4 Å². The molecule has 36 heavy (non-hydrogen) atoms. The highest BCUT2D eigenvalue weighted by Gasteiger charge is 2.43. The molecular formula is C28H28ClF3N2O2. The van der Waals surface area contributed by atoms with Crippen molar-refractivity contribution < 1.29 is 22.8 Å². The molecule has 1 aliphatic carbocycles. The molecule has 0 radical (unpaired) electrons. The summed E-state index contributed by atoms with van der Waals surface area (Å²) in [6, 6.07) is 8.09. The third-order valence-corrected chi connectivity index (χ3v) is 7.31. The second-order valence-electron chi connectivity index (χ2n) is 9.40. The van der Waals surface area contributed by atoms with Crippen molar-refractivity contribution in [1.29, 1.82) is 0 Å². The number of piperidine rings is 1. The summed E-state index contributed by atoms with van der Waals surface area (Å²) in [5, 5.41) is 2.65. The molecule has 4 nitrogen and oxygen atoms in total. The van der Waals surface area contributed by atoms with Crippen LogP contribution in [-0.2, 0) is 11.0 Å². The fourth-order valence-electron chi connectivity index (χ4n) is 5.24.